The molecule has 0 saturated carbocycles. The van der Waals surface area contributed by atoms with E-state index >= 15 is 0 Å². The maximum atomic E-state index is 9.47. The molecule has 0 fully saturated rings. The molecule has 6 nitrogen and oxygen atoms in total. The second kappa shape index (κ2) is 14.7. The van der Waals surface area contributed by atoms with Gasteiger partial charge in [0, 0.05) is 44.6 Å². The topological polar surface area (TPSA) is 88.5 Å². The normalized spacial score (nSPS) is 11.5. The summed E-state index contributed by atoms with van der Waals surface area (Å²) >= 11 is 0. The molecule has 0 radical (unpaired) electrons. The van der Waals surface area contributed by atoms with E-state index in [-0.39, 0.29) is 0 Å². The van der Waals surface area contributed by atoms with Crippen molar-refractivity contribution in [1.29, 1.82) is 5.26 Å². The first kappa shape index (κ1) is 36.1. The molecule has 9 aromatic carbocycles. The number of nitrogens with zero attached hydrogens (tertiary/aromatic N) is 5. The van der Waals surface area contributed by atoms with Gasteiger partial charge in [-0.15, -0.1) is 0 Å². The fraction of sp³-hybridized carbons (Fsp3) is 0. The molecule has 292 valence electrons. The van der Waals surface area contributed by atoms with E-state index in [1.54, 1.807) is 0 Å². The van der Waals surface area contributed by atoms with Crippen molar-refractivity contribution in [2.24, 2.45) is 0 Å². The molecule has 0 aliphatic heterocycles. The summed E-state index contributed by atoms with van der Waals surface area (Å²) in [6.45, 7) is 0. The Morgan fingerprint density at radius 2 is 0.937 bits per heavy atom. The Bertz CT molecular complexity index is 3810. The zero-order valence-electron chi connectivity index (χ0n) is 33.7. The molecule has 0 atom stereocenters. The van der Waals surface area contributed by atoms with E-state index < -0.39 is 0 Å². The molecule has 0 aliphatic carbocycles. The summed E-state index contributed by atoms with van der Waals surface area (Å²) in [7, 11) is 0. The largest absolute Gasteiger partial charge is 0.456 e. The van der Waals surface area contributed by atoms with Crippen LogP contribution in [0.1, 0.15) is 5.56 Å². The Balaban J connectivity index is 0.997. The third kappa shape index (κ3) is 6.27. The third-order valence-electron chi connectivity index (χ3n) is 12.0. The van der Waals surface area contributed by atoms with Gasteiger partial charge in [0.2, 0.25) is 0 Å². The summed E-state index contributed by atoms with van der Waals surface area (Å²) in [5.74, 6) is 1.73. The molecule has 0 saturated heterocycles. The SMILES string of the molecule is N#Cc1cccc(-c2ccc(-c3cc4c5cccnc5c(-c5cccc(-c6nc(-c7ccccc7)nc(-c7ccc8c(c7)oc7ccccc78)n6)c5)cc4c4ccccc34)cc2)c1. The van der Waals surface area contributed by atoms with E-state index in [0.29, 0.717) is 23.0 Å². The summed E-state index contributed by atoms with van der Waals surface area (Å²) in [5.41, 5.74) is 12.2. The molecule has 0 aliphatic rings. The molecule has 6 heteroatoms. The van der Waals surface area contributed by atoms with E-state index in [4.69, 9.17) is 24.4 Å². The van der Waals surface area contributed by atoms with Crippen LogP contribution in [0.4, 0.5) is 0 Å². The molecule has 63 heavy (non-hydrogen) atoms. The van der Waals surface area contributed by atoms with E-state index in [1.165, 1.54) is 5.39 Å². The monoisotopic (exact) mass is 803 g/mol. The maximum absolute atomic E-state index is 9.47. The lowest BCUT2D eigenvalue weighted by Crippen LogP contribution is -2.00. The van der Waals surface area contributed by atoms with Crippen LogP contribution >= 0.6 is 0 Å². The number of nitriles is 1. The van der Waals surface area contributed by atoms with Gasteiger partial charge < -0.3 is 4.42 Å². The van der Waals surface area contributed by atoms with E-state index in [9.17, 15) is 5.26 Å². The second-order valence-electron chi connectivity index (χ2n) is 15.7. The predicted octanol–water partition coefficient (Wildman–Crippen LogP) is 14.5. The predicted molar refractivity (Wildman–Crippen MR) is 255 cm³/mol. The summed E-state index contributed by atoms with van der Waals surface area (Å²) < 4.78 is 6.27. The van der Waals surface area contributed by atoms with Crippen LogP contribution in [0.3, 0.4) is 0 Å². The van der Waals surface area contributed by atoms with Crippen LogP contribution in [0, 0.1) is 11.3 Å². The van der Waals surface area contributed by atoms with Crippen LogP contribution in [-0.2, 0) is 0 Å². The highest BCUT2D eigenvalue weighted by molar-refractivity contribution is 6.23. The zero-order chi connectivity index (χ0) is 41.9. The number of hydrogen-bond donors (Lipinski definition) is 0. The molecule has 0 unspecified atom stereocenters. The average Bonchev–Trinajstić information content (AvgIpc) is 3.74. The average molecular weight is 804 g/mol. The van der Waals surface area contributed by atoms with Gasteiger partial charge in [0.1, 0.15) is 11.2 Å². The Labute approximate surface area is 362 Å². The van der Waals surface area contributed by atoms with Gasteiger partial charge in [-0.3, -0.25) is 4.98 Å². The lowest BCUT2D eigenvalue weighted by Gasteiger charge is -2.16. The summed E-state index contributed by atoms with van der Waals surface area (Å²) in [6.07, 6.45) is 1.87. The van der Waals surface area contributed by atoms with Crippen molar-refractivity contribution < 1.29 is 4.42 Å². The van der Waals surface area contributed by atoms with Crippen molar-refractivity contribution in [1.82, 2.24) is 19.9 Å². The first-order valence-electron chi connectivity index (χ1n) is 20.8. The smallest absolute Gasteiger partial charge is 0.164 e. The first-order valence-corrected chi connectivity index (χ1v) is 20.8. The van der Waals surface area contributed by atoms with Gasteiger partial charge >= 0.3 is 0 Å². The van der Waals surface area contributed by atoms with E-state index in [1.807, 2.05) is 91.1 Å². The highest BCUT2D eigenvalue weighted by atomic mass is 16.3. The van der Waals surface area contributed by atoms with Crippen molar-refractivity contribution in [2.75, 3.05) is 0 Å². The highest BCUT2D eigenvalue weighted by Gasteiger charge is 2.18. The molecule has 3 aromatic heterocycles. The van der Waals surface area contributed by atoms with Gasteiger partial charge in [-0.05, 0) is 104 Å². The summed E-state index contributed by atoms with van der Waals surface area (Å²) in [6, 6.07) is 68.8. The van der Waals surface area contributed by atoms with Crippen LogP contribution in [0.5, 0.6) is 0 Å². The van der Waals surface area contributed by atoms with Gasteiger partial charge in [0.25, 0.3) is 0 Å². The summed E-state index contributed by atoms with van der Waals surface area (Å²) in [4.78, 5) is 20.2. The minimum atomic E-state index is 0.564. The number of aromatic nitrogens is 4. The number of rotatable bonds is 6. The molecular weight excluding hydrogens is 771 g/mol. The molecule has 0 N–H and O–H groups in total. The molecule has 0 bridgehead atoms. The zero-order valence-corrected chi connectivity index (χ0v) is 33.7. The lowest BCUT2D eigenvalue weighted by atomic mass is 9.88. The fourth-order valence-electron chi connectivity index (χ4n) is 8.94. The Morgan fingerprint density at radius 3 is 1.76 bits per heavy atom. The minimum absolute atomic E-state index is 0.564. The molecule has 0 spiro atoms. The quantitative estimate of drug-likeness (QED) is 0.156. The standard InChI is InChI=1S/C57H33N5O/c58-34-35-11-8-14-39(29-35)36-22-24-37(25-23-36)48-32-51-47-20-10-28-59-54(47)49(33-50(51)44-18-5-4-17-43(44)48)40-15-9-16-41(30-40)56-60-55(38-12-2-1-3-13-38)61-57(62-56)42-26-27-46-45-19-6-7-21-52(45)63-53(46)31-42/h1-33H. The van der Waals surface area contributed by atoms with Crippen LogP contribution < -0.4 is 0 Å². The third-order valence-corrected chi connectivity index (χ3v) is 12.0. The number of pyridine rings is 1. The number of furan rings is 1. The Hall–Kier alpha value is -8.79. The van der Waals surface area contributed by atoms with Crippen LogP contribution in [0.2, 0.25) is 0 Å². The molecule has 12 rings (SSSR count). The van der Waals surface area contributed by atoms with Crippen LogP contribution in [0.15, 0.2) is 205 Å². The van der Waals surface area contributed by atoms with E-state index in [0.717, 1.165) is 99.1 Å². The van der Waals surface area contributed by atoms with Crippen molar-refractivity contribution in [3.63, 3.8) is 0 Å². The van der Waals surface area contributed by atoms with Gasteiger partial charge in [-0.1, -0.05) is 140 Å². The van der Waals surface area contributed by atoms with Crippen molar-refractivity contribution in [2.45, 2.75) is 0 Å². The van der Waals surface area contributed by atoms with Crippen molar-refractivity contribution in [3.05, 3.63) is 206 Å². The van der Waals surface area contributed by atoms with Crippen molar-refractivity contribution in [3.8, 4) is 73.6 Å². The fourth-order valence-corrected chi connectivity index (χ4v) is 8.94. The minimum Gasteiger partial charge on any atom is -0.456 e. The molecule has 0 amide bonds. The number of para-hydroxylation sites is 1. The number of fused-ring (bicyclic) bond motifs is 8. The van der Waals surface area contributed by atoms with Crippen LogP contribution in [-0.4, -0.2) is 19.9 Å². The van der Waals surface area contributed by atoms with Gasteiger partial charge in [0.15, 0.2) is 17.5 Å². The summed E-state index contributed by atoms with van der Waals surface area (Å²) in [5, 5.41) is 17.3. The number of benzene rings is 9. The first-order chi connectivity index (χ1) is 31.1. The lowest BCUT2D eigenvalue weighted by molar-refractivity contribution is 0.669. The molecule has 12 aromatic rings. The molecule has 3 heterocycles. The maximum Gasteiger partial charge on any atom is 0.164 e. The van der Waals surface area contributed by atoms with Crippen molar-refractivity contribution >= 4 is 54.4 Å². The van der Waals surface area contributed by atoms with Gasteiger partial charge in [0.05, 0.1) is 17.1 Å². The van der Waals surface area contributed by atoms with E-state index in [2.05, 4.69) is 115 Å². The van der Waals surface area contributed by atoms with Gasteiger partial charge in [-0.2, -0.15) is 5.26 Å². The van der Waals surface area contributed by atoms with Gasteiger partial charge in [-0.25, -0.2) is 15.0 Å². The van der Waals surface area contributed by atoms with Crippen LogP contribution in [0.25, 0.3) is 122 Å². The highest BCUT2D eigenvalue weighted by Crippen LogP contribution is 2.42. The second-order valence-corrected chi connectivity index (χ2v) is 15.7. The Kier molecular flexibility index (Phi) is 8.44. The molecular formula is C57H33N5O. The Morgan fingerprint density at radius 1 is 0.349 bits per heavy atom. The number of hydrogen-bond acceptors (Lipinski definition) is 6.